The van der Waals surface area contributed by atoms with Crippen molar-refractivity contribution in [2.24, 2.45) is 0 Å². The molecule has 1 aromatic rings. The van der Waals surface area contributed by atoms with Crippen molar-refractivity contribution in [3.8, 4) is 0 Å². The third-order valence-corrected chi connectivity index (χ3v) is 8.29. The number of rotatable bonds is 28. The SMILES string of the molecule is CCCCCCCCCCCCCN(C)Cc1ccccc1CN(C)CCCCCCCCCCCCC. The van der Waals surface area contributed by atoms with E-state index >= 15 is 0 Å². The highest BCUT2D eigenvalue weighted by molar-refractivity contribution is 5.27. The van der Waals surface area contributed by atoms with Gasteiger partial charge in [0.05, 0.1) is 0 Å². The van der Waals surface area contributed by atoms with Crippen LogP contribution < -0.4 is 0 Å². The maximum absolute atomic E-state index is 2.54. The van der Waals surface area contributed by atoms with Gasteiger partial charge in [-0.3, -0.25) is 0 Å². The fraction of sp³-hybridized carbons (Fsp3) is 0.833. The lowest BCUT2D eigenvalue weighted by atomic mass is 10.0. The van der Waals surface area contributed by atoms with Crippen molar-refractivity contribution in [2.45, 2.75) is 168 Å². The molecule has 0 radical (unpaired) electrons. The monoisotopic (exact) mass is 529 g/mol. The molecule has 0 N–H and O–H groups in total. The molecule has 0 amide bonds. The second kappa shape index (κ2) is 26.4. The Labute approximate surface area is 240 Å². The minimum atomic E-state index is 1.08. The second-order valence-corrected chi connectivity index (χ2v) is 12.3. The Balaban J connectivity index is 2.10. The van der Waals surface area contributed by atoms with Gasteiger partial charge in [0.1, 0.15) is 0 Å². The maximum Gasteiger partial charge on any atom is 0.0233 e. The topological polar surface area (TPSA) is 6.48 Å². The Morgan fingerprint density at radius 2 is 0.658 bits per heavy atom. The molecule has 222 valence electrons. The highest BCUT2D eigenvalue weighted by Gasteiger charge is 2.08. The van der Waals surface area contributed by atoms with Gasteiger partial charge in [-0.15, -0.1) is 0 Å². The molecule has 0 bridgehead atoms. The smallest absolute Gasteiger partial charge is 0.0233 e. The van der Waals surface area contributed by atoms with Crippen molar-refractivity contribution < 1.29 is 0 Å². The second-order valence-electron chi connectivity index (χ2n) is 12.3. The first-order chi connectivity index (χ1) is 18.7. The lowest BCUT2D eigenvalue weighted by Gasteiger charge is -2.22. The summed E-state index contributed by atoms with van der Waals surface area (Å²) in [7, 11) is 4.62. The summed E-state index contributed by atoms with van der Waals surface area (Å²) in [5.74, 6) is 0. The van der Waals surface area contributed by atoms with Crippen LogP contribution in [0, 0.1) is 0 Å². The summed E-state index contributed by atoms with van der Waals surface area (Å²) in [6.07, 6.45) is 31.3. The van der Waals surface area contributed by atoms with Crippen LogP contribution in [0.15, 0.2) is 24.3 Å². The molecule has 1 rings (SSSR count). The van der Waals surface area contributed by atoms with Gasteiger partial charge in [0.2, 0.25) is 0 Å². The van der Waals surface area contributed by atoms with E-state index in [1.807, 2.05) is 0 Å². The lowest BCUT2D eigenvalue weighted by Crippen LogP contribution is -2.23. The highest BCUT2D eigenvalue weighted by atomic mass is 15.1. The maximum atomic E-state index is 2.54. The van der Waals surface area contributed by atoms with Crippen molar-refractivity contribution in [3.05, 3.63) is 35.4 Å². The molecule has 0 aliphatic heterocycles. The Morgan fingerprint density at radius 3 is 0.947 bits per heavy atom. The van der Waals surface area contributed by atoms with Crippen LogP contribution in [0.2, 0.25) is 0 Å². The molecule has 2 nitrogen and oxygen atoms in total. The average molecular weight is 529 g/mol. The van der Waals surface area contributed by atoms with E-state index in [1.54, 1.807) is 0 Å². The van der Waals surface area contributed by atoms with E-state index in [1.165, 1.54) is 165 Å². The van der Waals surface area contributed by atoms with Gasteiger partial charge in [0, 0.05) is 13.1 Å². The number of unbranched alkanes of at least 4 members (excludes halogenated alkanes) is 20. The summed E-state index contributed by atoms with van der Waals surface area (Å²) in [6, 6.07) is 9.14. The number of hydrogen-bond acceptors (Lipinski definition) is 2. The highest BCUT2D eigenvalue weighted by Crippen LogP contribution is 2.16. The standard InChI is InChI=1S/C36H68N2/c1-5-7-9-11-13-15-17-19-21-23-27-31-37(3)33-35-29-25-26-30-36(35)34-38(4)32-28-24-22-20-18-16-14-12-10-8-6-2/h25-26,29-30H,5-24,27-28,31-34H2,1-4H3. The van der Waals surface area contributed by atoms with Crippen molar-refractivity contribution in [1.82, 2.24) is 9.80 Å². The molecule has 0 aliphatic rings. The largest absolute Gasteiger partial charge is 0.302 e. The van der Waals surface area contributed by atoms with E-state index in [-0.39, 0.29) is 0 Å². The van der Waals surface area contributed by atoms with Gasteiger partial charge in [-0.25, -0.2) is 0 Å². The predicted molar refractivity (Wildman–Crippen MR) is 172 cm³/mol. The Morgan fingerprint density at radius 1 is 0.395 bits per heavy atom. The van der Waals surface area contributed by atoms with Crippen LogP contribution in [0.25, 0.3) is 0 Å². The van der Waals surface area contributed by atoms with Crippen LogP contribution in [0.1, 0.15) is 166 Å². The van der Waals surface area contributed by atoms with Gasteiger partial charge in [0.15, 0.2) is 0 Å². The molecule has 0 aromatic heterocycles. The van der Waals surface area contributed by atoms with E-state index in [0.717, 1.165) is 13.1 Å². The van der Waals surface area contributed by atoms with Crippen LogP contribution in [-0.2, 0) is 13.1 Å². The van der Waals surface area contributed by atoms with E-state index < -0.39 is 0 Å². The van der Waals surface area contributed by atoms with Gasteiger partial charge in [0.25, 0.3) is 0 Å². The minimum absolute atomic E-state index is 1.08. The van der Waals surface area contributed by atoms with Crippen molar-refractivity contribution in [3.63, 3.8) is 0 Å². The van der Waals surface area contributed by atoms with Gasteiger partial charge in [-0.2, -0.15) is 0 Å². The number of nitrogens with zero attached hydrogens (tertiary/aromatic N) is 2. The third-order valence-electron chi connectivity index (χ3n) is 8.29. The molecule has 0 saturated heterocycles. The molecular formula is C36H68N2. The summed E-state index contributed by atoms with van der Waals surface area (Å²) >= 11 is 0. The minimum Gasteiger partial charge on any atom is -0.302 e. The summed E-state index contributed by atoms with van der Waals surface area (Å²) in [5, 5.41) is 0. The molecule has 38 heavy (non-hydrogen) atoms. The molecule has 0 aliphatic carbocycles. The first-order valence-corrected chi connectivity index (χ1v) is 17.1. The quantitative estimate of drug-likeness (QED) is 0.0998. The van der Waals surface area contributed by atoms with Crippen LogP contribution in [-0.4, -0.2) is 37.0 Å². The van der Waals surface area contributed by atoms with Crippen LogP contribution in [0.4, 0.5) is 0 Å². The Hall–Kier alpha value is -0.860. The Bertz CT molecular complexity index is 560. The first-order valence-electron chi connectivity index (χ1n) is 17.1. The van der Waals surface area contributed by atoms with Crippen LogP contribution in [0.3, 0.4) is 0 Å². The fourth-order valence-corrected chi connectivity index (χ4v) is 5.70. The molecular weight excluding hydrogens is 460 g/mol. The number of benzene rings is 1. The predicted octanol–water partition coefficient (Wildman–Crippen LogP) is 11.2. The van der Waals surface area contributed by atoms with Crippen molar-refractivity contribution in [1.29, 1.82) is 0 Å². The molecule has 0 saturated carbocycles. The van der Waals surface area contributed by atoms with E-state index in [4.69, 9.17) is 0 Å². The fourth-order valence-electron chi connectivity index (χ4n) is 5.70. The summed E-state index contributed by atoms with van der Waals surface area (Å²) in [4.78, 5) is 5.08. The zero-order valence-corrected chi connectivity index (χ0v) is 26.6. The molecule has 0 heterocycles. The summed E-state index contributed by atoms with van der Waals surface area (Å²) in [5.41, 5.74) is 3.03. The van der Waals surface area contributed by atoms with Crippen LogP contribution >= 0.6 is 0 Å². The number of hydrogen-bond donors (Lipinski definition) is 0. The van der Waals surface area contributed by atoms with Gasteiger partial charge < -0.3 is 9.80 Å². The molecule has 2 heteroatoms. The molecule has 1 aromatic carbocycles. The zero-order chi connectivity index (χ0) is 27.5. The molecule has 0 spiro atoms. The zero-order valence-electron chi connectivity index (χ0n) is 26.6. The molecule has 0 fully saturated rings. The summed E-state index contributed by atoms with van der Waals surface area (Å²) < 4.78 is 0. The van der Waals surface area contributed by atoms with Crippen molar-refractivity contribution >= 4 is 0 Å². The first kappa shape index (κ1) is 35.2. The van der Waals surface area contributed by atoms with E-state index in [9.17, 15) is 0 Å². The van der Waals surface area contributed by atoms with Gasteiger partial charge >= 0.3 is 0 Å². The van der Waals surface area contributed by atoms with Crippen LogP contribution in [0.5, 0.6) is 0 Å². The van der Waals surface area contributed by atoms with E-state index in [0.29, 0.717) is 0 Å². The van der Waals surface area contributed by atoms with E-state index in [2.05, 4.69) is 62.0 Å². The molecule has 0 unspecified atom stereocenters. The van der Waals surface area contributed by atoms with Crippen molar-refractivity contribution in [2.75, 3.05) is 27.2 Å². The summed E-state index contributed by atoms with van der Waals surface area (Å²) in [6.45, 7) is 9.21. The van der Waals surface area contributed by atoms with Gasteiger partial charge in [-0.05, 0) is 51.2 Å². The molecule has 0 atom stereocenters. The third kappa shape index (κ3) is 21.0. The Kier molecular flexibility index (Phi) is 24.4. The van der Waals surface area contributed by atoms with Gasteiger partial charge in [-0.1, -0.05) is 167 Å². The normalized spacial score (nSPS) is 11.7. The lowest BCUT2D eigenvalue weighted by molar-refractivity contribution is 0.301. The average Bonchev–Trinajstić information content (AvgIpc) is 2.91.